The van der Waals surface area contributed by atoms with Gasteiger partial charge in [-0.2, -0.15) is 0 Å². The molecule has 0 atom stereocenters. The Bertz CT molecular complexity index is 223. The van der Waals surface area contributed by atoms with Gasteiger partial charge in [0.15, 0.2) is 0 Å². The zero-order valence-electron chi connectivity index (χ0n) is 5.81. The first-order chi connectivity index (χ1) is 5.43. The van der Waals surface area contributed by atoms with E-state index in [9.17, 15) is 0 Å². The zero-order chi connectivity index (χ0) is 7.94. The Morgan fingerprint density at radius 1 is 1.45 bits per heavy atom. The topological polar surface area (TPSA) is 70.9 Å². The van der Waals surface area contributed by atoms with E-state index in [0.717, 1.165) is 6.26 Å². The van der Waals surface area contributed by atoms with Crippen molar-refractivity contribution >= 4 is 5.95 Å². The Balaban J connectivity index is 2.39. The van der Waals surface area contributed by atoms with Gasteiger partial charge in [-0.15, -0.1) is 0 Å². The summed E-state index contributed by atoms with van der Waals surface area (Å²) >= 11 is 0. The van der Waals surface area contributed by atoms with E-state index < -0.39 is 0 Å². The van der Waals surface area contributed by atoms with E-state index in [2.05, 4.69) is 20.3 Å². The smallest absolute Gasteiger partial charge is 0.225 e. The fourth-order valence-corrected chi connectivity index (χ4v) is 0.533. The zero-order valence-corrected chi connectivity index (χ0v) is 5.81. The fraction of sp³-hybridized carbons (Fsp3) is 0.167. The number of hydrogen-bond donors (Lipinski definition) is 2. The highest BCUT2D eigenvalue weighted by Gasteiger charge is 1.87. The van der Waals surface area contributed by atoms with Crippen molar-refractivity contribution in [3.63, 3.8) is 0 Å². The van der Waals surface area contributed by atoms with Gasteiger partial charge in [0.05, 0.1) is 6.26 Å². The highest BCUT2D eigenvalue weighted by Crippen LogP contribution is 1.89. The Morgan fingerprint density at radius 3 is 2.82 bits per heavy atom. The van der Waals surface area contributed by atoms with Crippen LogP contribution in [0.2, 0.25) is 0 Å². The summed E-state index contributed by atoms with van der Waals surface area (Å²) in [7, 11) is 0. The third-order valence-electron chi connectivity index (χ3n) is 0.977. The highest BCUT2D eigenvalue weighted by molar-refractivity contribution is 5.21. The predicted molar refractivity (Wildman–Crippen MR) is 40.1 cm³/mol. The Labute approximate surface area is 63.8 Å². The molecule has 0 saturated carbocycles. The average Bonchev–Trinajstić information content (AvgIpc) is 2.07. The van der Waals surface area contributed by atoms with Crippen molar-refractivity contribution in [2.45, 2.75) is 0 Å². The Hall–Kier alpha value is -1.65. The molecule has 0 aliphatic rings. The largest absolute Gasteiger partial charge is 0.516 e. The first-order valence-corrected chi connectivity index (χ1v) is 3.08. The van der Waals surface area contributed by atoms with Gasteiger partial charge in [0.2, 0.25) is 5.95 Å². The number of aliphatic hydroxyl groups excluding tert-OH is 1. The SMILES string of the molecule is OC=CCNc1ncncn1. The van der Waals surface area contributed by atoms with Crippen molar-refractivity contribution in [3.05, 3.63) is 25.0 Å². The predicted octanol–water partition coefficient (Wildman–Crippen LogP) is 0.355. The summed E-state index contributed by atoms with van der Waals surface area (Å²) in [6.45, 7) is 0.501. The summed E-state index contributed by atoms with van der Waals surface area (Å²) in [5, 5.41) is 11.1. The van der Waals surface area contributed by atoms with Crippen molar-refractivity contribution in [1.29, 1.82) is 0 Å². The summed E-state index contributed by atoms with van der Waals surface area (Å²) in [4.78, 5) is 11.2. The maximum atomic E-state index is 8.27. The minimum Gasteiger partial charge on any atom is -0.516 e. The van der Waals surface area contributed by atoms with Crippen molar-refractivity contribution < 1.29 is 5.11 Å². The fourth-order valence-electron chi connectivity index (χ4n) is 0.533. The Morgan fingerprint density at radius 2 is 2.18 bits per heavy atom. The number of aliphatic hydroxyl groups is 1. The van der Waals surface area contributed by atoms with E-state index in [1.165, 1.54) is 12.7 Å². The van der Waals surface area contributed by atoms with Gasteiger partial charge in [0.25, 0.3) is 0 Å². The second kappa shape index (κ2) is 4.21. The second-order valence-electron chi connectivity index (χ2n) is 1.73. The molecule has 0 unspecified atom stereocenters. The number of aromatic nitrogens is 3. The lowest BCUT2D eigenvalue weighted by Crippen LogP contribution is -2.02. The molecular weight excluding hydrogens is 144 g/mol. The molecule has 0 bridgehead atoms. The third kappa shape index (κ3) is 2.61. The van der Waals surface area contributed by atoms with Crippen LogP contribution in [0, 0.1) is 0 Å². The van der Waals surface area contributed by atoms with E-state index >= 15 is 0 Å². The summed E-state index contributed by atoms with van der Waals surface area (Å²) in [5.74, 6) is 0.498. The average molecular weight is 152 g/mol. The van der Waals surface area contributed by atoms with E-state index in [4.69, 9.17) is 5.11 Å². The molecule has 5 heteroatoms. The van der Waals surface area contributed by atoms with E-state index in [1.54, 1.807) is 6.08 Å². The van der Waals surface area contributed by atoms with Crippen LogP contribution in [0.5, 0.6) is 0 Å². The van der Waals surface area contributed by atoms with Gasteiger partial charge >= 0.3 is 0 Å². The van der Waals surface area contributed by atoms with Gasteiger partial charge < -0.3 is 10.4 Å². The highest BCUT2D eigenvalue weighted by atomic mass is 16.2. The van der Waals surface area contributed by atoms with Crippen LogP contribution in [0.1, 0.15) is 0 Å². The molecule has 0 aromatic carbocycles. The lowest BCUT2D eigenvalue weighted by Gasteiger charge is -1.96. The first kappa shape index (κ1) is 7.46. The van der Waals surface area contributed by atoms with Crippen molar-refractivity contribution in [2.24, 2.45) is 0 Å². The molecule has 1 heterocycles. The normalized spacial score (nSPS) is 10.2. The summed E-state index contributed by atoms with van der Waals surface area (Å²) in [5.41, 5.74) is 0. The number of nitrogens with zero attached hydrogens (tertiary/aromatic N) is 3. The molecule has 2 N–H and O–H groups in total. The quantitative estimate of drug-likeness (QED) is 0.612. The van der Waals surface area contributed by atoms with Gasteiger partial charge in [0.1, 0.15) is 12.7 Å². The number of rotatable bonds is 3. The Kier molecular flexibility index (Phi) is 2.85. The lowest BCUT2D eigenvalue weighted by molar-refractivity contribution is 0.472. The molecule has 1 aromatic heterocycles. The van der Waals surface area contributed by atoms with Crippen LogP contribution >= 0.6 is 0 Å². The maximum absolute atomic E-state index is 8.27. The third-order valence-corrected chi connectivity index (χ3v) is 0.977. The molecule has 0 saturated heterocycles. The molecule has 11 heavy (non-hydrogen) atoms. The summed E-state index contributed by atoms with van der Waals surface area (Å²) < 4.78 is 0. The second-order valence-corrected chi connectivity index (χ2v) is 1.73. The van der Waals surface area contributed by atoms with Crippen LogP contribution < -0.4 is 5.32 Å². The van der Waals surface area contributed by atoms with Crippen LogP contribution in [-0.4, -0.2) is 26.6 Å². The van der Waals surface area contributed by atoms with Crippen LogP contribution in [0.25, 0.3) is 0 Å². The van der Waals surface area contributed by atoms with E-state index in [-0.39, 0.29) is 0 Å². The molecule has 1 rings (SSSR count). The van der Waals surface area contributed by atoms with Gasteiger partial charge in [0, 0.05) is 6.54 Å². The van der Waals surface area contributed by atoms with Crippen molar-refractivity contribution in [1.82, 2.24) is 15.0 Å². The molecule has 0 aliphatic carbocycles. The summed E-state index contributed by atoms with van der Waals surface area (Å²) in [6.07, 6.45) is 5.31. The monoisotopic (exact) mass is 152 g/mol. The standard InChI is InChI=1S/C6H8N4O/c11-3-1-2-8-6-9-4-7-5-10-6/h1,3-5,11H,2H2,(H,7,8,9,10). The number of nitrogens with one attached hydrogen (secondary N) is 1. The van der Waals surface area contributed by atoms with E-state index in [0.29, 0.717) is 12.5 Å². The molecule has 0 amide bonds. The number of hydrogen-bond acceptors (Lipinski definition) is 5. The summed E-state index contributed by atoms with van der Waals surface area (Å²) in [6, 6.07) is 0. The molecule has 58 valence electrons. The minimum atomic E-state index is 0.498. The van der Waals surface area contributed by atoms with Gasteiger partial charge in [-0.3, -0.25) is 0 Å². The van der Waals surface area contributed by atoms with Crippen LogP contribution in [0.15, 0.2) is 25.0 Å². The molecule has 5 nitrogen and oxygen atoms in total. The molecule has 0 aliphatic heterocycles. The molecule has 0 fully saturated rings. The van der Waals surface area contributed by atoms with E-state index in [1.807, 2.05) is 0 Å². The minimum absolute atomic E-state index is 0.498. The van der Waals surface area contributed by atoms with Crippen LogP contribution in [0.3, 0.4) is 0 Å². The lowest BCUT2D eigenvalue weighted by atomic mass is 10.6. The number of anilines is 1. The maximum Gasteiger partial charge on any atom is 0.225 e. The first-order valence-electron chi connectivity index (χ1n) is 3.08. The van der Waals surface area contributed by atoms with Gasteiger partial charge in [-0.05, 0) is 6.08 Å². The van der Waals surface area contributed by atoms with Crippen molar-refractivity contribution in [3.8, 4) is 0 Å². The molecule has 0 spiro atoms. The van der Waals surface area contributed by atoms with Gasteiger partial charge in [-0.25, -0.2) is 15.0 Å². The molecule has 1 aromatic rings. The van der Waals surface area contributed by atoms with Gasteiger partial charge in [-0.1, -0.05) is 0 Å². The van der Waals surface area contributed by atoms with Crippen LogP contribution in [-0.2, 0) is 0 Å². The van der Waals surface area contributed by atoms with Crippen LogP contribution in [0.4, 0.5) is 5.95 Å². The molecule has 0 radical (unpaired) electrons. The van der Waals surface area contributed by atoms with Crippen molar-refractivity contribution in [2.75, 3.05) is 11.9 Å². The molecular formula is C6H8N4O.